The normalized spacial score (nSPS) is 12.0. The van der Waals surface area contributed by atoms with Gasteiger partial charge in [0.05, 0.1) is 5.56 Å². The molecule has 0 heterocycles. The zero-order valence-corrected chi connectivity index (χ0v) is 20.7. The third-order valence-corrected chi connectivity index (χ3v) is 6.24. The summed E-state index contributed by atoms with van der Waals surface area (Å²) in [5, 5.41) is 0.844. The average molecular weight is 574 g/mol. The summed E-state index contributed by atoms with van der Waals surface area (Å²) in [6.07, 6.45) is -9.56. The van der Waals surface area contributed by atoms with E-state index in [0.29, 0.717) is 11.6 Å². The van der Waals surface area contributed by atoms with Gasteiger partial charge in [-0.3, -0.25) is 0 Å². The summed E-state index contributed by atoms with van der Waals surface area (Å²) >= 11 is 0. The molecule has 0 saturated heterocycles. The van der Waals surface area contributed by atoms with Gasteiger partial charge in [0.15, 0.2) is 0 Å². The molecule has 0 bridgehead atoms. The Balaban J connectivity index is 1.47. The monoisotopic (exact) mass is 574 g/mol. The van der Waals surface area contributed by atoms with Crippen LogP contribution in [-0.2, 0) is 6.11 Å². The molecule has 0 aliphatic carbocycles. The fourth-order valence-electron chi connectivity index (χ4n) is 4.38. The molecule has 1 nitrogen and oxygen atoms in total. The first kappa shape index (κ1) is 27.9. The highest BCUT2D eigenvalue weighted by molar-refractivity contribution is 5.88. The van der Waals surface area contributed by atoms with Crippen LogP contribution in [0.25, 0.3) is 32.7 Å². The Bertz CT molecular complexity index is 1870. The van der Waals surface area contributed by atoms with Gasteiger partial charge in [-0.15, -0.1) is 0 Å². The third kappa shape index (κ3) is 5.66. The summed E-state index contributed by atoms with van der Waals surface area (Å²) < 4.78 is 130. The molecule has 5 rings (SSSR count). The second-order valence-corrected chi connectivity index (χ2v) is 9.18. The number of hydrogen-bond acceptors (Lipinski definition) is 1. The van der Waals surface area contributed by atoms with Crippen LogP contribution in [0.5, 0.6) is 5.75 Å². The van der Waals surface area contributed by atoms with Crippen molar-refractivity contribution in [1.29, 1.82) is 0 Å². The first-order valence-electron chi connectivity index (χ1n) is 11.8. The number of hydrogen-bond donors (Lipinski definition) is 0. The number of alkyl halides is 5. The van der Waals surface area contributed by atoms with Gasteiger partial charge in [0.1, 0.15) is 34.6 Å². The van der Waals surface area contributed by atoms with E-state index in [4.69, 9.17) is 0 Å². The van der Waals surface area contributed by atoms with Gasteiger partial charge in [0.25, 0.3) is 0 Å². The number of fused-ring (bicyclic) bond motifs is 2. The van der Waals surface area contributed by atoms with E-state index in [1.165, 1.54) is 5.92 Å². The van der Waals surface area contributed by atoms with Gasteiger partial charge >= 0.3 is 12.3 Å². The van der Waals surface area contributed by atoms with Crippen molar-refractivity contribution in [3.63, 3.8) is 0 Å². The van der Waals surface area contributed by atoms with Crippen molar-refractivity contribution in [3.05, 3.63) is 113 Å². The van der Waals surface area contributed by atoms with Gasteiger partial charge in [-0.1, -0.05) is 41.8 Å². The second-order valence-electron chi connectivity index (χ2n) is 9.18. The standard InChI is InChI=1S/C31H15F9O/c1-16-2-3-18-11-19(5-4-17(18)10-16)20-13-26(33)28(27(34)14-20)31(39,40)41-22-6-7-23-21(12-22)15-25(32)24(29(23)35)8-9-30(36,37)38/h2-7,10-15H,1H3. The van der Waals surface area contributed by atoms with E-state index in [2.05, 4.69) is 4.74 Å². The molecule has 0 N–H and O–H groups in total. The summed E-state index contributed by atoms with van der Waals surface area (Å²) in [5.74, 6) is -4.72. The molecular formula is C31H15F9O. The highest BCUT2D eigenvalue weighted by Crippen LogP contribution is 2.38. The van der Waals surface area contributed by atoms with Crippen LogP contribution in [-0.4, -0.2) is 6.18 Å². The van der Waals surface area contributed by atoms with Crippen molar-refractivity contribution in [3.8, 4) is 28.7 Å². The number of rotatable bonds is 4. The lowest BCUT2D eigenvalue weighted by Crippen LogP contribution is -2.25. The molecule has 5 aromatic carbocycles. The number of halogens is 9. The van der Waals surface area contributed by atoms with Crippen LogP contribution >= 0.6 is 0 Å². The van der Waals surface area contributed by atoms with Crippen LogP contribution in [0, 0.1) is 42.0 Å². The summed E-state index contributed by atoms with van der Waals surface area (Å²) in [5.41, 5.74) is -1.46. The van der Waals surface area contributed by atoms with Crippen molar-refractivity contribution >= 4 is 21.5 Å². The van der Waals surface area contributed by atoms with Gasteiger partial charge in [0, 0.05) is 11.3 Å². The highest BCUT2D eigenvalue weighted by atomic mass is 19.4. The maximum Gasteiger partial charge on any atom is 0.458 e. The van der Waals surface area contributed by atoms with E-state index in [1.807, 2.05) is 25.1 Å². The molecule has 10 heteroatoms. The van der Waals surface area contributed by atoms with Crippen molar-refractivity contribution in [2.45, 2.75) is 19.2 Å². The lowest BCUT2D eigenvalue weighted by atomic mass is 9.98. The topological polar surface area (TPSA) is 9.23 Å². The van der Waals surface area contributed by atoms with Crippen molar-refractivity contribution < 1.29 is 44.3 Å². The smallest absolute Gasteiger partial charge is 0.429 e. The predicted octanol–water partition coefficient (Wildman–Crippen LogP) is 9.57. The number of ether oxygens (including phenoxy) is 1. The van der Waals surface area contributed by atoms with Gasteiger partial charge in [-0.2, -0.15) is 22.0 Å². The molecule has 208 valence electrons. The molecule has 0 atom stereocenters. The molecule has 0 fully saturated rings. The van der Waals surface area contributed by atoms with E-state index in [1.54, 1.807) is 18.2 Å². The molecule has 41 heavy (non-hydrogen) atoms. The zero-order chi connectivity index (χ0) is 29.7. The zero-order valence-electron chi connectivity index (χ0n) is 20.7. The lowest BCUT2D eigenvalue weighted by molar-refractivity contribution is -0.189. The molecule has 5 aromatic rings. The number of aryl methyl sites for hydroxylation is 1. The Morgan fingerprint density at radius 3 is 1.98 bits per heavy atom. The Morgan fingerprint density at radius 2 is 1.29 bits per heavy atom. The Kier molecular flexibility index (Phi) is 6.85. The van der Waals surface area contributed by atoms with E-state index in [-0.39, 0.29) is 10.9 Å². The Labute approximate surface area is 226 Å². The van der Waals surface area contributed by atoms with E-state index >= 15 is 8.78 Å². The van der Waals surface area contributed by atoms with Gasteiger partial charge in [-0.05, 0) is 76.7 Å². The van der Waals surface area contributed by atoms with E-state index in [0.717, 1.165) is 52.6 Å². The van der Waals surface area contributed by atoms with E-state index < -0.39 is 57.8 Å². The maximum atomic E-state index is 15.0. The molecule has 0 spiro atoms. The maximum absolute atomic E-state index is 15.0. The summed E-state index contributed by atoms with van der Waals surface area (Å²) in [6, 6.07) is 15.0. The molecule has 0 saturated carbocycles. The molecule has 0 radical (unpaired) electrons. The average Bonchev–Trinajstić information content (AvgIpc) is 2.86. The minimum absolute atomic E-state index is 0.00288. The first-order chi connectivity index (χ1) is 19.2. The van der Waals surface area contributed by atoms with Crippen LogP contribution in [0.2, 0.25) is 0 Å². The predicted molar refractivity (Wildman–Crippen MR) is 135 cm³/mol. The van der Waals surface area contributed by atoms with Crippen molar-refractivity contribution in [1.82, 2.24) is 0 Å². The minimum atomic E-state index is -5.01. The van der Waals surface area contributed by atoms with Gasteiger partial charge in [-0.25, -0.2) is 17.6 Å². The van der Waals surface area contributed by atoms with Crippen LogP contribution in [0.1, 0.15) is 16.7 Å². The second kappa shape index (κ2) is 10.1. The van der Waals surface area contributed by atoms with Crippen LogP contribution in [0.3, 0.4) is 0 Å². The van der Waals surface area contributed by atoms with E-state index in [9.17, 15) is 30.7 Å². The lowest BCUT2D eigenvalue weighted by Gasteiger charge is -2.20. The molecule has 0 unspecified atom stereocenters. The van der Waals surface area contributed by atoms with Crippen LogP contribution in [0.4, 0.5) is 39.5 Å². The van der Waals surface area contributed by atoms with Crippen molar-refractivity contribution in [2.24, 2.45) is 0 Å². The summed E-state index contributed by atoms with van der Waals surface area (Å²) in [6.45, 7) is 1.90. The summed E-state index contributed by atoms with van der Waals surface area (Å²) in [4.78, 5) is 0. The Morgan fingerprint density at radius 1 is 0.634 bits per heavy atom. The quantitative estimate of drug-likeness (QED) is 0.153. The SMILES string of the molecule is Cc1ccc2cc(-c3cc(F)c(C(F)(F)Oc4ccc5c(F)c(C#CC(F)(F)F)c(F)cc5c4)c(F)c3)ccc2c1. The first-order valence-corrected chi connectivity index (χ1v) is 11.8. The third-order valence-electron chi connectivity index (χ3n) is 6.24. The minimum Gasteiger partial charge on any atom is -0.429 e. The van der Waals surface area contributed by atoms with Crippen LogP contribution in [0.15, 0.2) is 72.8 Å². The highest BCUT2D eigenvalue weighted by Gasteiger charge is 2.41. The number of benzene rings is 5. The van der Waals surface area contributed by atoms with Gasteiger partial charge in [0.2, 0.25) is 0 Å². The molecule has 0 aliphatic rings. The van der Waals surface area contributed by atoms with Crippen molar-refractivity contribution in [2.75, 3.05) is 0 Å². The fourth-order valence-corrected chi connectivity index (χ4v) is 4.38. The fraction of sp³-hybridized carbons (Fsp3) is 0.0968. The molecular weight excluding hydrogens is 559 g/mol. The molecule has 0 amide bonds. The molecule has 0 aliphatic heterocycles. The van der Waals surface area contributed by atoms with Crippen LogP contribution < -0.4 is 4.74 Å². The largest absolute Gasteiger partial charge is 0.458 e. The Hall–Kier alpha value is -4.65. The van der Waals surface area contributed by atoms with Gasteiger partial charge < -0.3 is 4.74 Å². The summed E-state index contributed by atoms with van der Waals surface area (Å²) in [7, 11) is 0. The molecule has 0 aromatic heterocycles.